The van der Waals surface area contributed by atoms with Gasteiger partial charge >= 0.3 is 0 Å². The smallest absolute Gasteiger partial charge is 0.205 e. The predicted molar refractivity (Wildman–Crippen MR) is 99.6 cm³/mol. The lowest BCUT2D eigenvalue weighted by Crippen LogP contribution is -2.31. The van der Waals surface area contributed by atoms with E-state index in [4.69, 9.17) is 19.6 Å². The van der Waals surface area contributed by atoms with Crippen LogP contribution in [0.5, 0.6) is 17.2 Å². The molecular weight excluding hydrogens is 330 g/mol. The van der Waals surface area contributed by atoms with E-state index < -0.39 is 5.92 Å². The van der Waals surface area contributed by atoms with Crippen LogP contribution in [0.25, 0.3) is 0 Å². The number of rotatable bonds is 4. The summed E-state index contributed by atoms with van der Waals surface area (Å²) < 4.78 is 16.5. The van der Waals surface area contributed by atoms with Crippen LogP contribution in [0, 0.1) is 22.7 Å². The van der Waals surface area contributed by atoms with Crippen LogP contribution in [0.3, 0.4) is 0 Å². The number of fused-ring (bicyclic) bond motifs is 1. The fourth-order valence-corrected chi connectivity index (χ4v) is 3.22. The minimum atomic E-state index is -0.727. The second-order valence-corrected chi connectivity index (χ2v) is 6.28. The van der Waals surface area contributed by atoms with Crippen LogP contribution in [0.1, 0.15) is 17.0 Å². The molecule has 0 fully saturated rings. The first-order valence-corrected chi connectivity index (χ1v) is 8.19. The predicted octanol–water partition coefficient (Wildman–Crippen LogP) is 3.41. The number of methoxy groups -OCH3 is 2. The van der Waals surface area contributed by atoms with E-state index in [0.717, 1.165) is 16.8 Å². The van der Waals surface area contributed by atoms with Gasteiger partial charge in [0.05, 0.1) is 20.3 Å². The molecule has 0 amide bonds. The average molecular weight is 351 g/mol. The number of nitrogens with one attached hydrogen (secondary N) is 1. The molecule has 2 aromatic carbocycles. The molecule has 1 heterocycles. The lowest BCUT2D eigenvalue weighted by atomic mass is 9.78. The van der Waals surface area contributed by atoms with Crippen molar-refractivity contribution in [2.75, 3.05) is 33.2 Å². The molecule has 2 atom stereocenters. The van der Waals surface area contributed by atoms with Gasteiger partial charge in [0.2, 0.25) is 5.90 Å². The molecule has 1 aliphatic rings. The Morgan fingerprint density at radius 2 is 1.81 bits per heavy atom. The summed E-state index contributed by atoms with van der Waals surface area (Å²) in [5, 5.41) is 17.9. The molecule has 0 aliphatic carbocycles. The Hall–Kier alpha value is -3.20. The van der Waals surface area contributed by atoms with E-state index in [1.165, 1.54) is 0 Å². The Balaban J connectivity index is 2.19. The molecule has 0 bridgehead atoms. The molecule has 26 heavy (non-hydrogen) atoms. The summed E-state index contributed by atoms with van der Waals surface area (Å²) in [5.41, 5.74) is 2.65. The quantitative estimate of drug-likeness (QED) is 0.913. The van der Waals surface area contributed by atoms with E-state index in [1.807, 2.05) is 49.3 Å². The maximum absolute atomic E-state index is 9.68. The maximum Gasteiger partial charge on any atom is 0.205 e. The van der Waals surface area contributed by atoms with Crippen LogP contribution < -0.4 is 19.1 Å². The third-order valence-electron chi connectivity index (χ3n) is 4.60. The van der Waals surface area contributed by atoms with Crippen molar-refractivity contribution in [1.82, 2.24) is 0 Å². The topological polar surface area (TPSA) is 78.6 Å². The number of hydrogen-bond donors (Lipinski definition) is 1. The highest BCUT2D eigenvalue weighted by atomic mass is 16.5. The molecule has 2 unspecified atom stereocenters. The summed E-state index contributed by atoms with van der Waals surface area (Å²) in [4.78, 5) is 1.96. The van der Waals surface area contributed by atoms with Crippen molar-refractivity contribution in [2.45, 2.75) is 5.92 Å². The molecule has 0 radical (unpaired) electrons. The van der Waals surface area contributed by atoms with Crippen LogP contribution in [-0.2, 0) is 0 Å². The molecule has 6 heteroatoms. The zero-order valence-corrected chi connectivity index (χ0v) is 15.2. The van der Waals surface area contributed by atoms with Crippen LogP contribution in [0.2, 0.25) is 0 Å². The molecule has 1 aliphatic heterocycles. The van der Waals surface area contributed by atoms with E-state index in [9.17, 15) is 5.26 Å². The summed E-state index contributed by atoms with van der Waals surface area (Å²) in [6.45, 7) is 0. The number of anilines is 1. The van der Waals surface area contributed by atoms with Gasteiger partial charge < -0.3 is 19.1 Å². The normalized spacial score (nSPS) is 18.3. The molecule has 3 rings (SSSR count). The Kier molecular flexibility index (Phi) is 4.72. The fraction of sp³-hybridized carbons (Fsp3) is 0.300. The minimum Gasteiger partial charge on any atom is -0.497 e. The van der Waals surface area contributed by atoms with Gasteiger partial charge in [0, 0.05) is 49.0 Å². The van der Waals surface area contributed by atoms with Crippen LogP contribution >= 0.6 is 0 Å². The van der Waals surface area contributed by atoms with E-state index in [1.54, 1.807) is 20.3 Å². The van der Waals surface area contributed by atoms with Crippen molar-refractivity contribution in [3.8, 4) is 23.3 Å². The van der Waals surface area contributed by atoms with Gasteiger partial charge in [-0.3, -0.25) is 5.41 Å². The largest absolute Gasteiger partial charge is 0.497 e. The van der Waals surface area contributed by atoms with Gasteiger partial charge in [0.1, 0.15) is 23.2 Å². The van der Waals surface area contributed by atoms with Gasteiger partial charge in [0.25, 0.3) is 0 Å². The van der Waals surface area contributed by atoms with E-state index in [0.29, 0.717) is 17.2 Å². The molecule has 0 aromatic heterocycles. The molecule has 0 saturated carbocycles. The molecule has 0 spiro atoms. The Bertz CT molecular complexity index is 886. The minimum absolute atomic E-state index is 0.0567. The first kappa shape index (κ1) is 17.6. The summed E-state index contributed by atoms with van der Waals surface area (Å²) in [5.74, 6) is 0.744. The third-order valence-corrected chi connectivity index (χ3v) is 4.60. The highest BCUT2D eigenvalue weighted by Gasteiger charge is 2.38. The molecule has 1 N–H and O–H groups in total. The first-order valence-electron chi connectivity index (χ1n) is 8.19. The highest BCUT2D eigenvalue weighted by Crippen LogP contribution is 2.46. The van der Waals surface area contributed by atoms with E-state index in [2.05, 4.69) is 6.07 Å². The van der Waals surface area contributed by atoms with Gasteiger partial charge in [-0.2, -0.15) is 5.26 Å². The van der Waals surface area contributed by atoms with Crippen molar-refractivity contribution in [3.63, 3.8) is 0 Å². The Labute approximate surface area is 153 Å². The zero-order valence-electron chi connectivity index (χ0n) is 15.2. The SMILES string of the molecule is COc1ccc(C2c3ccc(N(C)C)cc3OC(=N)C2C#N)c(OC)c1. The molecule has 0 saturated heterocycles. The number of hydrogen-bond acceptors (Lipinski definition) is 6. The fourth-order valence-electron chi connectivity index (χ4n) is 3.22. The summed E-state index contributed by atoms with van der Waals surface area (Å²) in [6, 6.07) is 13.5. The molecule has 2 aromatic rings. The number of nitrogens with zero attached hydrogens (tertiary/aromatic N) is 2. The standard InChI is InChI=1S/C20H21N3O3/c1-23(2)12-5-7-15-18(9-12)26-20(22)16(11-21)19(15)14-8-6-13(24-3)10-17(14)25-4/h5-10,16,19,22H,1-4H3. The first-order chi connectivity index (χ1) is 12.5. The molecular formula is C20H21N3O3. The second-order valence-electron chi connectivity index (χ2n) is 6.28. The van der Waals surface area contributed by atoms with E-state index >= 15 is 0 Å². The van der Waals surface area contributed by atoms with Crippen molar-refractivity contribution >= 4 is 11.6 Å². The van der Waals surface area contributed by atoms with Crippen LogP contribution in [0.15, 0.2) is 36.4 Å². The van der Waals surface area contributed by atoms with Crippen molar-refractivity contribution in [3.05, 3.63) is 47.5 Å². The average Bonchev–Trinajstić information content (AvgIpc) is 2.65. The van der Waals surface area contributed by atoms with Crippen LogP contribution in [0.4, 0.5) is 5.69 Å². The second kappa shape index (κ2) is 6.96. The van der Waals surface area contributed by atoms with Gasteiger partial charge in [0.15, 0.2) is 0 Å². The summed E-state index contributed by atoms with van der Waals surface area (Å²) in [7, 11) is 7.06. The lowest BCUT2D eigenvalue weighted by Gasteiger charge is -2.32. The zero-order chi connectivity index (χ0) is 18.8. The molecule has 134 valence electrons. The van der Waals surface area contributed by atoms with Gasteiger partial charge in [-0.15, -0.1) is 0 Å². The monoisotopic (exact) mass is 351 g/mol. The number of ether oxygens (including phenoxy) is 3. The number of benzene rings is 2. The third kappa shape index (κ3) is 2.93. The van der Waals surface area contributed by atoms with Crippen LogP contribution in [-0.4, -0.2) is 34.2 Å². The molecule has 6 nitrogen and oxygen atoms in total. The van der Waals surface area contributed by atoms with Gasteiger partial charge in [-0.05, 0) is 12.1 Å². The van der Waals surface area contributed by atoms with Crippen molar-refractivity contribution in [1.29, 1.82) is 10.7 Å². The maximum atomic E-state index is 9.68. The Morgan fingerprint density at radius 3 is 2.42 bits per heavy atom. The summed E-state index contributed by atoms with van der Waals surface area (Å²) >= 11 is 0. The number of nitriles is 1. The van der Waals surface area contributed by atoms with Crippen molar-refractivity contribution < 1.29 is 14.2 Å². The highest BCUT2D eigenvalue weighted by molar-refractivity contribution is 5.86. The van der Waals surface area contributed by atoms with Crippen molar-refractivity contribution in [2.24, 2.45) is 5.92 Å². The lowest BCUT2D eigenvalue weighted by molar-refractivity contribution is 0.384. The van der Waals surface area contributed by atoms with Gasteiger partial charge in [-0.25, -0.2) is 0 Å². The summed E-state index contributed by atoms with van der Waals surface area (Å²) in [6.07, 6.45) is 0. The van der Waals surface area contributed by atoms with Gasteiger partial charge in [-0.1, -0.05) is 12.1 Å². The van der Waals surface area contributed by atoms with E-state index in [-0.39, 0.29) is 11.8 Å². The Morgan fingerprint density at radius 1 is 1.08 bits per heavy atom.